The molecule has 0 aliphatic heterocycles. The van der Waals surface area contributed by atoms with E-state index in [1.54, 1.807) is 19.2 Å². The number of aromatic nitrogens is 2. The lowest BCUT2D eigenvalue weighted by Crippen LogP contribution is -2.24. The van der Waals surface area contributed by atoms with Crippen molar-refractivity contribution in [1.82, 2.24) is 15.5 Å². The zero-order chi connectivity index (χ0) is 19.9. The number of methoxy groups -OCH3 is 1. The molecule has 3 rings (SSSR count). The number of nitrogens with one attached hydrogen (secondary N) is 2. The van der Waals surface area contributed by atoms with Gasteiger partial charge >= 0.3 is 0 Å². The van der Waals surface area contributed by atoms with Crippen LogP contribution in [0.15, 0.2) is 60.7 Å². The van der Waals surface area contributed by atoms with E-state index in [1.165, 1.54) is 5.56 Å². The van der Waals surface area contributed by atoms with E-state index in [-0.39, 0.29) is 11.6 Å². The first kappa shape index (κ1) is 19.4. The third-order valence-corrected chi connectivity index (χ3v) is 4.36. The van der Waals surface area contributed by atoms with Crippen molar-refractivity contribution < 1.29 is 9.53 Å². The van der Waals surface area contributed by atoms with Crippen LogP contribution in [0.4, 0.5) is 11.5 Å². The Kier molecular flexibility index (Phi) is 6.22. The first-order valence-electron chi connectivity index (χ1n) is 9.17. The average Bonchev–Trinajstić information content (AvgIpc) is 2.73. The largest absolute Gasteiger partial charge is 0.497 e. The lowest BCUT2D eigenvalue weighted by molar-refractivity contribution is 0.0945. The molecule has 0 bridgehead atoms. The van der Waals surface area contributed by atoms with E-state index in [9.17, 15) is 4.79 Å². The molecule has 3 aromatic rings. The highest BCUT2D eigenvalue weighted by atomic mass is 16.5. The first-order valence-corrected chi connectivity index (χ1v) is 9.17. The number of ether oxygens (including phenoxy) is 1. The van der Waals surface area contributed by atoms with Crippen LogP contribution in [-0.4, -0.2) is 23.2 Å². The number of hydrogen-bond acceptors (Lipinski definition) is 5. The van der Waals surface area contributed by atoms with Gasteiger partial charge < -0.3 is 15.4 Å². The maximum Gasteiger partial charge on any atom is 0.272 e. The van der Waals surface area contributed by atoms with Crippen molar-refractivity contribution in [3.05, 3.63) is 77.5 Å². The maximum absolute atomic E-state index is 12.3. The molecule has 1 aromatic heterocycles. The standard InChI is InChI=1S/C22H24N4O2/c1-15(2)17-6-8-18(9-7-17)24-21-13-12-20(25-26-21)22(27)23-14-16-4-10-19(28-3)11-5-16/h4-13,15H,14H2,1-3H3,(H,23,27)(H,24,26). The summed E-state index contributed by atoms with van der Waals surface area (Å²) in [6, 6.07) is 19.1. The Morgan fingerprint density at radius 2 is 1.68 bits per heavy atom. The molecule has 144 valence electrons. The molecule has 0 unspecified atom stereocenters. The molecule has 0 aliphatic rings. The summed E-state index contributed by atoms with van der Waals surface area (Å²) in [6.07, 6.45) is 0. The van der Waals surface area contributed by atoms with Gasteiger partial charge in [0.1, 0.15) is 5.75 Å². The highest BCUT2D eigenvalue weighted by Gasteiger charge is 2.08. The summed E-state index contributed by atoms with van der Waals surface area (Å²) in [7, 11) is 1.62. The number of benzene rings is 2. The molecule has 2 N–H and O–H groups in total. The third-order valence-electron chi connectivity index (χ3n) is 4.36. The Balaban J connectivity index is 1.56. The van der Waals surface area contributed by atoms with Crippen LogP contribution < -0.4 is 15.4 Å². The van der Waals surface area contributed by atoms with Gasteiger partial charge in [0.2, 0.25) is 0 Å². The molecule has 0 saturated heterocycles. The minimum absolute atomic E-state index is 0.267. The molecule has 0 fully saturated rings. The van der Waals surface area contributed by atoms with Crippen molar-refractivity contribution in [2.75, 3.05) is 12.4 Å². The molecule has 2 aromatic carbocycles. The fourth-order valence-electron chi connectivity index (χ4n) is 2.64. The number of carbonyl (C=O) groups excluding carboxylic acids is 1. The Bertz CT molecular complexity index is 905. The van der Waals surface area contributed by atoms with E-state index < -0.39 is 0 Å². The predicted molar refractivity (Wildman–Crippen MR) is 110 cm³/mol. The lowest BCUT2D eigenvalue weighted by atomic mass is 10.0. The zero-order valence-corrected chi connectivity index (χ0v) is 16.3. The Hall–Kier alpha value is -3.41. The normalized spacial score (nSPS) is 10.6. The molecule has 0 atom stereocenters. The molecule has 1 heterocycles. The van der Waals surface area contributed by atoms with Gasteiger partial charge in [-0.2, -0.15) is 0 Å². The fraction of sp³-hybridized carbons (Fsp3) is 0.227. The van der Waals surface area contributed by atoms with E-state index >= 15 is 0 Å². The van der Waals surface area contributed by atoms with Crippen LogP contribution in [0.3, 0.4) is 0 Å². The Morgan fingerprint density at radius 1 is 0.964 bits per heavy atom. The second kappa shape index (κ2) is 8.99. The van der Waals surface area contributed by atoms with Crippen molar-refractivity contribution in [3.63, 3.8) is 0 Å². The molecule has 28 heavy (non-hydrogen) atoms. The molecule has 0 saturated carbocycles. The SMILES string of the molecule is COc1ccc(CNC(=O)c2ccc(Nc3ccc(C(C)C)cc3)nn2)cc1. The number of amides is 1. The highest BCUT2D eigenvalue weighted by Crippen LogP contribution is 2.19. The van der Waals surface area contributed by atoms with Gasteiger partial charge in [-0.1, -0.05) is 38.1 Å². The van der Waals surface area contributed by atoms with E-state index in [2.05, 4.69) is 46.8 Å². The first-order chi connectivity index (χ1) is 13.5. The number of rotatable bonds is 7. The van der Waals surface area contributed by atoms with Crippen LogP contribution in [0.2, 0.25) is 0 Å². The zero-order valence-electron chi connectivity index (χ0n) is 16.3. The second-order valence-electron chi connectivity index (χ2n) is 6.74. The van der Waals surface area contributed by atoms with E-state index in [0.29, 0.717) is 18.3 Å². The minimum atomic E-state index is -0.267. The minimum Gasteiger partial charge on any atom is -0.497 e. The molecule has 1 amide bonds. The van der Waals surface area contributed by atoms with Crippen molar-refractivity contribution in [2.24, 2.45) is 0 Å². The van der Waals surface area contributed by atoms with Crippen molar-refractivity contribution in [2.45, 2.75) is 26.3 Å². The molecule has 0 radical (unpaired) electrons. The van der Waals surface area contributed by atoms with Gasteiger partial charge in [-0.05, 0) is 53.4 Å². The number of nitrogens with zero attached hydrogens (tertiary/aromatic N) is 2. The summed E-state index contributed by atoms with van der Waals surface area (Å²) in [5.74, 6) is 1.59. The van der Waals surface area contributed by atoms with Crippen molar-refractivity contribution >= 4 is 17.4 Å². The second-order valence-corrected chi connectivity index (χ2v) is 6.74. The lowest BCUT2D eigenvalue weighted by Gasteiger charge is -2.09. The van der Waals surface area contributed by atoms with Crippen LogP contribution >= 0.6 is 0 Å². The van der Waals surface area contributed by atoms with Gasteiger partial charge in [-0.15, -0.1) is 10.2 Å². The predicted octanol–water partition coefficient (Wildman–Crippen LogP) is 4.28. The molecule has 0 aliphatic carbocycles. The monoisotopic (exact) mass is 376 g/mol. The number of anilines is 2. The fourth-order valence-corrected chi connectivity index (χ4v) is 2.64. The number of hydrogen-bond donors (Lipinski definition) is 2. The van der Waals surface area contributed by atoms with E-state index in [4.69, 9.17) is 4.74 Å². The third kappa shape index (κ3) is 5.07. The number of carbonyl (C=O) groups is 1. The molecular weight excluding hydrogens is 352 g/mol. The molecule has 6 heteroatoms. The summed E-state index contributed by atoms with van der Waals surface area (Å²) < 4.78 is 5.12. The topological polar surface area (TPSA) is 76.1 Å². The summed E-state index contributed by atoms with van der Waals surface area (Å²) >= 11 is 0. The van der Waals surface area contributed by atoms with Crippen LogP contribution in [0.1, 0.15) is 41.4 Å². The Morgan fingerprint density at radius 3 is 2.25 bits per heavy atom. The van der Waals surface area contributed by atoms with Gasteiger partial charge in [0.15, 0.2) is 11.5 Å². The van der Waals surface area contributed by atoms with Gasteiger partial charge in [0.05, 0.1) is 7.11 Å². The smallest absolute Gasteiger partial charge is 0.272 e. The van der Waals surface area contributed by atoms with Crippen LogP contribution in [0.25, 0.3) is 0 Å². The molecule has 0 spiro atoms. The summed E-state index contributed by atoms with van der Waals surface area (Å²) in [5, 5.41) is 14.1. The summed E-state index contributed by atoms with van der Waals surface area (Å²) in [5.41, 5.74) is 3.45. The van der Waals surface area contributed by atoms with Gasteiger partial charge in [0, 0.05) is 12.2 Å². The van der Waals surface area contributed by atoms with E-state index in [0.717, 1.165) is 17.0 Å². The van der Waals surface area contributed by atoms with Crippen LogP contribution in [0, 0.1) is 0 Å². The van der Waals surface area contributed by atoms with Gasteiger partial charge in [0.25, 0.3) is 5.91 Å². The van der Waals surface area contributed by atoms with Crippen LogP contribution in [-0.2, 0) is 6.54 Å². The van der Waals surface area contributed by atoms with Crippen molar-refractivity contribution in [3.8, 4) is 5.75 Å². The average molecular weight is 376 g/mol. The highest BCUT2D eigenvalue weighted by molar-refractivity contribution is 5.92. The molecule has 6 nitrogen and oxygen atoms in total. The van der Waals surface area contributed by atoms with E-state index in [1.807, 2.05) is 36.4 Å². The quantitative estimate of drug-likeness (QED) is 0.644. The summed E-state index contributed by atoms with van der Waals surface area (Å²) in [4.78, 5) is 12.3. The Labute approximate surface area is 165 Å². The van der Waals surface area contributed by atoms with Crippen LogP contribution in [0.5, 0.6) is 5.75 Å². The van der Waals surface area contributed by atoms with Gasteiger partial charge in [-0.25, -0.2) is 0 Å². The maximum atomic E-state index is 12.3. The van der Waals surface area contributed by atoms with Gasteiger partial charge in [-0.3, -0.25) is 4.79 Å². The summed E-state index contributed by atoms with van der Waals surface area (Å²) in [6.45, 7) is 4.73. The molecular formula is C22H24N4O2. The van der Waals surface area contributed by atoms with Crippen molar-refractivity contribution in [1.29, 1.82) is 0 Å².